The molecule has 2 aromatic rings. The van der Waals surface area contributed by atoms with Crippen molar-refractivity contribution in [3.05, 3.63) is 24.5 Å². The van der Waals surface area contributed by atoms with Crippen LogP contribution >= 0.6 is 0 Å². The van der Waals surface area contributed by atoms with Gasteiger partial charge in [-0.1, -0.05) is 0 Å². The normalized spacial score (nSPS) is 16.7. The monoisotopic (exact) mass is 260 g/mol. The number of nitrogens with zero attached hydrogens (tertiary/aromatic N) is 2. The Balaban J connectivity index is 1.69. The molecule has 0 spiro atoms. The molecule has 100 valence electrons. The maximum absolute atomic E-state index is 10.7. The van der Waals surface area contributed by atoms with E-state index in [0.29, 0.717) is 0 Å². The van der Waals surface area contributed by atoms with E-state index in [4.69, 9.17) is 10.5 Å². The summed E-state index contributed by atoms with van der Waals surface area (Å²) in [6.07, 6.45) is 4.57. The minimum atomic E-state index is -0.690. The first kappa shape index (κ1) is 11.8. The highest BCUT2D eigenvalue weighted by Gasteiger charge is 2.22. The quantitative estimate of drug-likeness (QED) is 0.859. The molecule has 0 unspecified atom stereocenters. The second-order valence-corrected chi connectivity index (χ2v) is 4.73. The summed E-state index contributed by atoms with van der Waals surface area (Å²) in [7, 11) is 0. The van der Waals surface area contributed by atoms with Gasteiger partial charge in [-0.15, -0.1) is 0 Å². The van der Waals surface area contributed by atoms with E-state index in [2.05, 4.69) is 20.9 Å². The average molecular weight is 260 g/mol. The van der Waals surface area contributed by atoms with Crippen molar-refractivity contribution < 1.29 is 9.53 Å². The minimum Gasteiger partial charge on any atom is -0.446 e. The summed E-state index contributed by atoms with van der Waals surface area (Å²) in [5, 5.41) is 1.15. The van der Waals surface area contributed by atoms with E-state index in [1.54, 1.807) is 0 Å². The molecule has 0 aliphatic carbocycles. The zero-order valence-corrected chi connectivity index (χ0v) is 10.5. The fourth-order valence-corrected chi connectivity index (χ4v) is 2.48. The van der Waals surface area contributed by atoms with E-state index in [0.717, 1.165) is 42.7 Å². The second kappa shape index (κ2) is 4.79. The summed E-state index contributed by atoms with van der Waals surface area (Å²) in [6.45, 7) is 1.64. The van der Waals surface area contributed by atoms with Gasteiger partial charge >= 0.3 is 6.09 Å². The van der Waals surface area contributed by atoms with Crippen LogP contribution in [0.15, 0.2) is 24.5 Å². The number of piperidine rings is 1. The first-order valence-electron chi connectivity index (χ1n) is 6.36. The number of hydrogen-bond acceptors (Lipinski definition) is 4. The molecule has 1 aliphatic heterocycles. The number of carbonyl (C=O) groups is 1. The van der Waals surface area contributed by atoms with Gasteiger partial charge in [0.05, 0.1) is 11.7 Å². The van der Waals surface area contributed by atoms with Gasteiger partial charge in [0.15, 0.2) is 0 Å². The number of nitrogens with two attached hydrogens (primary N) is 1. The number of rotatable bonds is 2. The Kier molecular flexibility index (Phi) is 2.98. The van der Waals surface area contributed by atoms with Crippen LogP contribution in [0.4, 0.5) is 10.6 Å². The van der Waals surface area contributed by atoms with E-state index in [1.165, 1.54) is 0 Å². The number of pyridine rings is 1. The number of fused-ring (bicyclic) bond motifs is 1. The Hall–Kier alpha value is -2.24. The zero-order valence-electron chi connectivity index (χ0n) is 10.5. The molecule has 1 aliphatic rings. The molecular weight excluding hydrogens is 244 g/mol. The molecule has 1 saturated heterocycles. The first-order valence-corrected chi connectivity index (χ1v) is 6.36. The van der Waals surface area contributed by atoms with E-state index >= 15 is 0 Å². The van der Waals surface area contributed by atoms with E-state index < -0.39 is 6.09 Å². The third-order valence-electron chi connectivity index (χ3n) is 3.47. The standard InChI is InChI=1S/C13H16N4O2/c14-13(18)19-10-2-5-17(6-3-10)12-7-9-1-4-15-11(9)8-16-12/h1,4,7-8,10,15H,2-3,5-6H2,(H2,14,18). The van der Waals surface area contributed by atoms with Gasteiger partial charge in [-0.05, 0) is 12.1 Å². The Labute approximate surface area is 110 Å². The van der Waals surface area contributed by atoms with Crippen LogP contribution in [0.2, 0.25) is 0 Å². The number of hydrogen-bond donors (Lipinski definition) is 2. The number of aromatic amines is 1. The molecule has 1 amide bonds. The molecule has 0 saturated carbocycles. The topological polar surface area (TPSA) is 84.2 Å². The predicted molar refractivity (Wildman–Crippen MR) is 72.0 cm³/mol. The molecular formula is C13H16N4O2. The number of primary amides is 1. The molecule has 0 bridgehead atoms. The highest BCUT2D eigenvalue weighted by molar-refractivity contribution is 5.81. The lowest BCUT2D eigenvalue weighted by molar-refractivity contribution is 0.0912. The van der Waals surface area contributed by atoms with Crippen LogP contribution in [0, 0.1) is 0 Å². The lowest BCUT2D eigenvalue weighted by Gasteiger charge is -2.32. The lowest BCUT2D eigenvalue weighted by Crippen LogP contribution is -2.39. The third-order valence-corrected chi connectivity index (χ3v) is 3.47. The molecule has 0 atom stereocenters. The van der Waals surface area contributed by atoms with Gasteiger partial charge in [-0.25, -0.2) is 9.78 Å². The van der Waals surface area contributed by atoms with Crippen LogP contribution in [0.1, 0.15) is 12.8 Å². The molecule has 3 N–H and O–H groups in total. The summed E-state index contributed by atoms with van der Waals surface area (Å²) in [5.41, 5.74) is 6.07. The number of aromatic nitrogens is 2. The number of carbonyl (C=O) groups excluding carboxylic acids is 1. The van der Waals surface area contributed by atoms with Crippen molar-refractivity contribution in [3.63, 3.8) is 0 Å². The summed E-state index contributed by atoms with van der Waals surface area (Å²) >= 11 is 0. The summed E-state index contributed by atoms with van der Waals surface area (Å²) in [5.74, 6) is 0.963. The molecule has 2 aromatic heterocycles. The minimum absolute atomic E-state index is 0.0651. The van der Waals surface area contributed by atoms with Crippen molar-refractivity contribution >= 4 is 22.8 Å². The van der Waals surface area contributed by atoms with Crippen LogP contribution < -0.4 is 10.6 Å². The smallest absolute Gasteiger partial charge is 0.404 e. The fourth-order valence-electron chi connectivity index (χ4n) is 2.48. The van der Waals surface area contributed by atoms with Gasteiger partial charge in [0.25, 0.3) is 0 Å². The van der Waals surface area contributed by atoms with Crippen molar-refractivity contribution in [2.45, 2.75) is 18.9 Å². The van der Waals surface area contributed by atoms with Gasteiger partial charge in [0, 0.05) is 37.5 Å². The van der Waals surface area contributed by atoms with Gasteiger partial charge in [0.1, 0.15) is 11.9 Å². The Morgan fingerprint density at radius 2 is 2.26 bits per heavy atom. The number of H-pyrrole nitrogens is 1. The molecule has 6 nitrogen and oxygen atoms in total. The molecule has 6 heteroatoms. The van der Waals surface area contributed by atoms with Crippen molar-refractivity contribution in [3.8, 4) is 0 Å². The van der Waals surface area contributed by atoms with Crippen molar-refractivity contribution in [2.24, 2.45) is 5.73 Å². The Morgan fingerprint density at radius 1 is 1.47 bits per heavy atom. The van der Waals surface area contributed by atoms with E-state index in [1.807, 2.05) is 18.5 Å². The highest BCUT2D eigenvalue weighted by Crippen LogP contribution is 2.22. The van der Waals surface area contributed by atoms with Crippen LogP contribution in [-0.2, 0) is 4.74 Å². The van der Waals surface area contributed by atoms with E-state index in [9.17, 15) is 4.79 Å². The number of ether oxygens (including phenoxy) is 1. The van der Waals surface area contributed by atoms with Crippen LogP contribution in [0.5, 0.6) is 0 Å². The summed E-state index contributed by atoms with van der Waals surface area (Å²) in [6, 6.07) is 4.10. The zero-order chi connectivity index (χ0) is 13.2. The summed E-state index contributed by atoms with van der Waals surface area (Å²) < 4.78 is 5.02. The SMILES string of the molecule is NC(=O)OC1CCN(c2cc3cc[nH]c3cn2)CC1. The van der Waals surface area contributed by atoms with Gasteiger partial charge in [0.2, 0.25) is 0 Å². The maximum atomic E-state index is 10.7. The Bertz CT molecular complexity index is 587. The van der Waals surface area contributed by atoms with Crippen LogP contribution in [-0.4, -0.2) is 35.3 Å². The van der Waals surface area contributed by atoms with Crippen molar-refractivity contribution in [1.29, 1.82) is 0 Å². The lowest BCUT2D eigenvalue weighted by atomic mass is 10.1. The maximum Gasteiger partial charge on any atom is 0.404 e. The first-order chi connectivity index (χ1) is 9.22. The number of anilines is 1. The number of amides is 1. The molecule has 3 heterocycles. The van der Waals surface area contributed by atoms with E-state index in [-0.39, 0.29) is 6.10 Å². The largest absolute Gasteiger partial charge is 0.446 e. The van der Waals surface area contributed by atoms with Crippen LogP contribution in [0.3, 0.4) is 0 Å². The predicted octanol–water partition coefficient (Wildman–Crippen LogP) is 1.63. The van der Waals surface area contributed by atoms with Crippen molar-refractivity contribution in [2.75, 3.05) is 18.0 Å². The van der Waals surface area contributed by atoms with Crippen LogP contribution in [0.25, 0.3) is 10.9 Å². The molecule has 1 fully saturated rings. The van der Waals surface area contributed by atoms with Crippen molar-refractivity contribution in [1.82, 2.24) is 9.97 Å². The average Bonchev–Trinajstić information content (AvgIpc) is 2.86. The second-order valence-electron chi connectivity index (χ2n) is 4.73. The van der Waals surface area contributed by atoms with Gasteiger partial charge < -0.3 is 20.4 Å². The third kappa shape index (κ3) is 2.47. The summed E-state index contributed by atoms with van der Waals surface area (Å²) in [4.78, 5) is 20.5. The number of nitrogens with one attached hydrogen (secondary N) is 1. The van der Waals surface area contributed by atoms with Gasteiger partial charge in [-0.3, -0.25) is 0 Å². The molecule has 0 radical (unpaired) electrons. The fraction of sp³-hybridized carbons (Fsp3) is 0.385. The Morgan fingerprint density at radius 3 is 3.00 bits per heavy atom. The molecule has 19 heavy (non-hydrogen) atoms. The van der Waals surface area contributed by atoms with Gasteiger partial charge in [-0.2, -0.15) is 0 Å². The molecule has 0 aromatic carbocycles. The molecule has 3 rings (SSSR count). The highest BCUT2D eigenvalue weighted by atomic mass is 16.6.